The molecule has 7 heteroatoms. The van der Waals surface area contributed by atoms with Crippen LogP contribution >= 0.6 is 0 Å². The van der Waals surface area contributed by atoms with Crippen LogP contribution in [-0.2, 0) is 11.2 Å². The summed E-state index contributed by atoms with van der Waals surface area (Å²) >= 11 is 0. The molecule has 2 aromatic rings. The normalized spacial score (nSPS) is 23.2. The molecule has 1 aliphatic carbocycles. The highest BCUT2D eigenvalue weighted by molar-refractivity contribution is 5.82. The Hall–Kier alpha value is -2.83. The summed E-state index contributed by atoms with van der Waals surface area (Å²) in [5.41, 5.74) is 2.42. The second-order valence-electron chi connectivity index (χ2n) is 8.26. The maximum absolute atomic E-state index is 13.2. The van der Waals surface area contributed by atoms with E-state index in [1.165, 1.54) is 24.1 Å². The molecule has 2 aliphatic heterocycles. The molecule has 1 aromatic carbocycles. The van der Waals surface area contributed by atoms with Gasteiger partial charge in [-0.15, -0.1) is 0 Å². The SMILES string of the molecule is COc1ccc2c(c1)N1CCN(c3cnccn3)CC1C(C(=O)NCC1CC1)C2. The summed E-state index contributed by atoms with van der Waals surface area (Å²) in [5.74, 6) is 2.51. The fourth-order valence-corrected chi connectivity index (χ4v) is 4.57. The van der Waals surface area contributed by atoms with Crippen molar-refractivity contribution in [3.8, 4) is 5.75 Å². The Balaban J connectivity index is 1.44. The molecule has 2 fully saturated rings. The second kappa shape index (κ2) is 7.54. The molecule has 0 bridgehead atoms. The fourth-order valence-electron chi connectivity index (χ4n) is 4.57. The number of hydrogen-bond acceptors (Lipinski definition) is 6. The van der Waals surface area contributed by atoms with Crippen molar-refractivity contribution in [1.82, 2.24) is 15.3 Å². The molecular weight excluding hydrogens is 366 g/mol. The Bertz CT molecular complexity index is 886. The predicted octanol–water partition coefficient (Wildman–Crippen LogP) is 1.88. The molecule has 0 radical (unpaired) electrons. The number of amides is 1. The van der Waals surface area contributed by atoms with Crippen LogP contribution in [0, 0.1) is 11.8 Å². The molecule has 1 amide bonds. The number of methoxy groups -OCH3 is 1. The maximum Gasteiger partial charge on any atom is 0.225 e. The van der Waals surface area contributed by atoms with Gasteiger partial charge in [-0.05, 0) is 36.8 Å². The van der Waals surface area contributed by atoms with Crippen molar-refractivity contribution in [2.45, 2.75) is 25.3 Å². The van der Waals surface area contributed by atoms with E-state index in [0.717, 1.165) is 44.2 Å². The molecule has 1 N–H and O–H groups in total. The molecule has 29 heavy (non-hydrogen) atoms. The number of ether oxygens (including phenoxy) is 1. The lowest BCUT2D eigenvalue weighted by Crippen LogP contribution is -2.61. The number of carbonyl (C=O) groups is 1. The summed E-state index contributed by atoms with van der Waals surface area (Å²) in [6.07, 6.45) is 8.45. The fraction of sp³-hybridized carbons (Fsp3) is 0.500. The summed E-state index contributed by atoms with van der Waals surface area (Å²) in [4.78, 5) is 26.5. The van der Waals surface area contributed by atoms with Crippen LogP contribution in [0.4, 0.5) is 11.5 Å². The Kier molecular flexibility index (Phi) is 4.73. The van der Waals surface area contributed by atoms with Crippen molar-refractivity contribution in [2.75, 3.05) is 43.1 Å². The van der Waals surface area contributed by atoms with Gasteiger partial charge in [0, 0.05) is 50.3 Å². The summed E-state index contributed by atoms with van der Waals surface area (Å²) < 4.78 is 5.46. The molecule has 1 saturated carbocycles. The molecule has 2 unspecified atom stereocenters. The van der Waals surface area contributed by atoms with Crippen LogP contribution in [0.15, 0.2) is 36.8 Å². The average Bonchev–Trinajstić information content (AvgIpc) is 3.61. The van der Waals surface area contributed by atoms with E-state index in [4.69, 9.17) is 4.74 Å². The third-order valence-corrected chi connectivity index (χ3v) is 6.40. The van der Waals surface area contributed by atoms with Crippen LogP contribution < -0.4 is 19.9 Å². The molecule has 2 atom stereocenters. The zero-order valence-corrected chi connectivity index (χ0v) is 16.8. The molecule has 0 spiro atoms. The minimum atomic E-state index is -0.0749. The minimum Gasteiger partial charge on any atom is -0.497 e. The molecular formula is C22H27N5O2. The largest absolute Gasteiger partial charge is 0.497 e. The standard InChI is InChI=1S/C22H27N5O2/c1-29-17-5-4-16-10-18(22(28)25-12-15-2-3-15)20-14-26(21-13-23-6-7-24-21)8-9-27(20)19(16)11-17/h4-7,11,13,15,18,20H,2-3,8-10,12,14H2,1H3,(H,25,28). The zero-order chi connectivity index (χ0) is 19.8. The van der Waals surface area contributed by atoms with E-state index in [0.29, 0.717) is 5.92 Å². The van der Waals surface area contributed by atoms with Gasteiger partial charge >= 0.3 is 0 Å². The van der Waals surface area contributed by atoms with Crippen molar-refractivity contribution in [1.29, 1.82) is 0 Å². The Labute approximate surface area is 171 Å². The van der Waals surface area contributed by atoms with Gasteiger partial charge in [-0.25, -0.2) is 4.98 Å². The van der Waals surface area contributed by atoms with Gasteiger partial charge in [0.1, 0.15) is 11.6 Å². The lowest BCUT2D eigenvalue weighted by Gasteiger charge is -2.49. The number of fused-ring (bicyclic) bond motifs is 3. The van der Waals surface area contributed by atoms with E-state index in [1.54, 1.807) is 25.7 Å². The van der Waals surface area contributed by atoms with Gasteiger partial charge in [0.05, 0.1) is 25.3 Å². The predicted molar refractivity (Wildman–Crippen MR) is 111 cm³/mol. The smallest absolute Gasteiger partial charge is 0.225 e. The van der Waals surface area contributed by atoms with Crippen molar-refractivity contribution in [3.05, 3.63) is 42.4 Å². The third-order valence-electron chi connectivity index (χ3n) is 6.40. The van der Waals surface area contributed by atoms with Crippen molar-refractivity contribution in [3.63, 3.8) is 0 Å². The van der Waals surface area contributed by atoms with Crippen molar-refractivity contribution in [2.24, 2.45) is 11.8 Å². The molecule has 1 aromatic heterocycles. The van der Waals surface area contributed by atoms with Crippen LogP contribution in [-0.4, -0.2) is 55.2 Å². The van der Waals surface area contributed by atoms with E-state index in [1.807, 2.05) is 6.07 Å². The number of nitrogens with one attached hydrogen (secondary N) is 1. The number of carbonyl (C=O) groups excluding carboxylic acids is 1. The van der Waals surface area contributed by atoms with E-state index >= 15 is 0 Å². The van der Waals surface area contributed by atoms with Gasteiger partial charge in [-0.1, -0.05) is 6.07 Å². The maximum atomic E-state index is 13.2. The number of rotatable bonds is 5. The van der Waals surface area contributed by atoms with Crippen LogP contribution in [0.2, 0.25) is 0 Å². The number of hydrogen-bond donors (Lipinski definition) is 1. The van der Waals surface area contributed by atoms with Crippen LogP contribution in [0.25, 0.3) is 0 Å². The Morgan fingerprint density at radius 1 is 1.28 bits per heavy atom. The molecule has 3 heterocycles. The first-order chi connectivity index (χ1) is 14.2. The highest BCUT2D eigenvalue weighted by Gasteiger charge is 2.42. The summed E-state index contributed by atoms with van der Waals surface area (Å²) in [5, 5.41) is 3.22. The Morgan fingerprint density at radius 2 is 2.17 bits per heavy atom. The molecule has 3 aliphatic rings. The van der Waals surface area contributed by atoms with E-state index < -0.39 is 0 Å². The lowest BCUT2D eigenvalue weighted by atomic mass is 9.83. The summed E-state index contributed by atoms with van der Waals surface area (Å²) in [7, 11) is 1.70. The minimum absolute atomic E-state index is 0.0749. The molecule has 5 rings (SSSR count). The van der Waals surface area contributed by atoms with Gasteiger partial charge in [-0.3, -0.25) is 9.78 Å². The molecule has 1 saturated heterocycles. The first kappa shape index (κ1) is 18.2. The van der Waals surface area contributed by atoms with Crippen LogP contribution in [0.1, 0.15) is 18.4 Å². The van der Waals surface area contributed by atoms with Gasteiger partial charge in [0.25, 0.3) is 0 Å². The van der Waals surface area contributed by atoms with E-state index in [-0.39, 0.29) is 17.9 Å². The van der Waals surface area contributed by atoms with Crippen LogP contribution in [0.5, 0.6) is 5.75 Å². The lowest BCUT2D eigenvalue weighted by molar-refractivity contribution is -0.125. The molecule has 152 valence electrons. The third kappa shape index (κ3) is 3.61. The van der Waals surface area contributed by atoms with Gasteiger partial charge < -0.3 is 19.9 Å². The first-order valence-electron chi connectivity index (χ1n) is 10.4. The summed E-state index contributed by atoms with van der Waals surface area (Å²) in [6, 6.07) is 6.32. The second-order valence-corrected chi connectivity index (χ2v) is 8.26. The Morgan fingerprint density at radius 3 is 2.93 bits per heavy atom. The van der Waals surface area contributed by atoms with Crippen LogP contribution in [0.3, 0.4) is 0 Å². The van der Waals surface area contributed by atoms with Gasteiger partial charge in [0.2, 0.25) is 5.91 Å². The zero-order valence-electron chi connectivity index (χ0n) is 16.8. The van der Waals surface area contributed by atoms with Crippen molar-refractivity contribution >= 4 is 17.4 Å². The number of anilines is 2. The van der Waals surface area contributed by atoms with E-state index in [9.17, 15) is 4.79 Å². The van der Waals surface area contributed by atoms with E-state index in [2.05, 4.69) is 37.2 Å². The average molecular weight is 393 g/mol. The number of aromatic nitrogens is 2. The highest BCUT2D eigenvalue weighted by Crippen LogP contribution is 2.39. The highest BCUT2D eigenvalue weighted by atomic mass is 16.5. The number of nitrogens with zero attached hydrogens (tertiary/aromatic N) is 4. The number of piperazine rings is 1. The monoisotopic (exact) mass is 393 g/mol. The van der Waals surface area contributed by atoms with Crippen molar-refractivity contribution < 1.29 is 9.53 Å². The quantitative estimate of drug-likeness (QED) is 0.836. The van der Waals surface area contributed by atoms with Gasteiger partial charge in [-0.2, -0.15) is 0 Å². The summed E-state index contributed by atoms with van der Waals surface area (Å²) in [6.45, 7) is 3.26. The molecule has 7 nitrogen and oxygen atoms in total. The number of benzene rings is 1. The topological polar surface area (TPSA) is 70.6 Å². The first-order valence-corrected chi connectivity index (χ1v) is 10.4. The van der Waals surface area contributed by atoms with Gasteiger partial charge in [0.15, 0.2) is 0 Å².